The number of benzene rings is 1. The van der Waals surface area contributed by atoms with Crippen LogP contribution in [-0.4, -0.2) is 42.2 Å². The number of carbonyl (C=O) groups is 1. The summed E-state index contributed by atoms with van der Waals surface area (Å²) in [6, 6.07) is 6.32. The molecular formula is C16H17FN4O2. The first-order chi connectivity index (χ1) is 11.2. The van der Waals surface area contributed by atoms with Crippen LogP contribution in [0.15, 0.2) is 36.7 Å². The first-order valence-electron chi connectivity index (χ1n) is 7.40. The van der Waals surface area contributed by atoms with Crippen LogP contribution in [-0.2, 0) is 11.3 Å². The van der Waals surface area contributed by atoms with Gasteiger partial charge in [-0.3, -0.25) is 4.79 Å². The monoisotopic (exact) mass is 316 g/mol. The molecule has 1 aromatic heterocycles. The predicted molar refractivity (Wildman–Crippen MR) is 82.6 cm³/mol. The van der Waals surface area contributed by atoms with Gasteiger partial charge < -0.3 is 15.0 Å². The van der Waals surface area contributed by atoms with Crippen LogP contribution in [0.2, 0.25) is 0 Å². The van der Waals surface area contributed by atoms with E-state index in [2.05, 4.69) is 20.2 Å². The van der Waals surface area contributed by atoms with Gasteiger partial charge in [-0.1, -0.05) is 18.2 Å². The number of nitrogens with one attached hydrogen (secondary N) is 1. The molecule has 0 bridgehead atoms. The molecule has 0 saturated carbocycles. The van der Waals surface area contributed by atoms with E-state index in [-0.39, 0.29) is 24.0 Å². The maximum absolute atomic E-state index is 13.5. The highest BCUT2D eigenvalue weighted by molar-refractivity contribution is 5.91. The van der Waals surface area contributed by atoms with E-state index in [1.54, 1.807) is 24.4 Å². The Morgan fingerprint density at radius 2 is 2.00 bits per heavy atom. The molecule has 1 aliphatic rings. The fourth-order valence-electron chi connectivity index (χ4n) is 2.30. The van der Waals surface area contributed by atoms with Gasteiger partial charge in [0.25, 0.3) is 5.91 Å². The number of ether oxygens (including phenoxy) is 1. The molecule has 0 unspecified atom stereocenters. The minimum atomic E-state index is -0.380. The van der Waals surface area contributed by atoms with Crippen molar-refractivity contribution in [3.05, 3.63) is 53.7 Å². The zero-order valence-electron chi connectivity index (χ0n) is 12.5. The minimum Gasteiger partial charge on any atom is -0.378 e. The molecule has 1 amide bonds. The summed E-state index contributed by atoms with van der Waals surface area (Å²) in [5.74, 6) is -0.00483. The number of halogens is 1. The Morgan fingerprint density at radius 3 is 2.70 bits per heavy atom. The van der Waals surface area contributed by atoms with Gasteiger partial charge in [0.05, 0.1) is 25.6 Å². The Labute approximate surface area is 133 Å². The molecule has 6 nitrogen and oxygen atoms in total. The van der Waals surface area contributed by atoms with Crippen molar-refractivity contribution in [2.45, 2.75) is 6.54 Å². The highest BCUT2D eigenvalue weighted by atomic mass is 19.1. The molecule has 3 rings (SSSR count). The normalized spacial score (nSPS) is 14.6. The molecule has 0 aliphatic carbocycles. The molecule has 1 saturated heterocycles. The number of aromatic nitrogens is 2. The average molecular weight is 316 g/mol. The molecule has 1 N–H and O–H groups in total. The third-order valence-electron chi connectivity index (χ3n) is 3.60. The highest BCUT2D eigenvalue weighted by Gasteiger charge is 2.14. The summed E-state index contributed by atoms with van der Waals surface area (Å²) in [4.78, 5) is 22.5. The van der Waals surface area contributed by atoms with E-state index in [1.165, 1.54) is 12.3 Å². The highest BCUT2D eigenvalue weighted by Crippen LogP contribution is 2.11. The second-order valence-electron chi connectivity index (χ2n) is 5.13. The third kappa shape index (κ3) is 3.81. The van der Waals surface area contributed by atoms with E-state index in [4.69, 9.17) is 4.74 Å². The number of amides is 1. The van der Waals surface area contributed by atoms with E-state index in [1.807, 2.05) is 0 Å². The standard InChI is InChI=1S/C16H17FN4O2/c17-13-4-2-1-3-12(13)9-20-16(22)14-10-19-15(11-18-14)21-5-7-23-8-6-21/h1-4,10-11H,5-9H2,(H,20,22). The quantitative estimate of drug-likeness (QED) is 0.923. The Morgan fingerprint density at radius 1 is 1.22 bits per heavy atom. The Hall–Kier alpha value is -2.54. The van der Waals surface area contributed by atoms with Crippen LogP contribution in [0.4, 0.5) is 10.2 Å². The van der Waals surface area contributed by atoms with Gasteiger partial charge >= 0.3 is 0 Å². The summed E-state index contributed by atoms with van der Waals surface area (Å²) in [6.45, 7) is 2.94. The van der Waals surface area contributed by atoms with Crippen LogP contribution >= 0.6 is 0 Å². The fraction of sp³-hybridized carbons (Fsp3) is 0.312. The maximum Gasteiger partial charge on any atom is 0.271 e. The summed E-state index contributed by atoms with van der Waals surface area (Å²) in [5, 5.41) is 2.64. The number of carbonyl (C=O) groups excluding carboxylic acids is 1. The summed E-state index contributed by atoms with van der Waals surface area (Å²) in [5.41, 5.74) is 0.636. The molecule has 23 heavy (non-hydrogen) atoms. The largest absolute Gasteiger partial charge is 0.378 e. The lowest BCUT2D eigenvalue weighted by molar-refractivity contribution is 0.0945. The molecular weight excluding hydrogens is 299 g/mol. The Bertz CT molecular complexity index is 672. The van der Waals surface area contributed by atoms with Gasteiger partial charge in [-0.15, -0.1) is 0 Å². The lowest BCUT2D eigenvalue weighted by Crippen LogP contribution is -2.37. The molecule has 2 aromatic rings. The first kappa shape index (κ1) is 15.4. The van der Waals surface area contributed by atoms with Crippen molar-refractivity contribution in [2.75, 3.05) is 31.2 Å². The topological polar surface area (TPSA) is 67.4 Å². The number of hydrogen-bond donors (Lipinski definition) is 1. The third-order valence-corrected chi connectivity index (χ3v) is 3.60. The van der Waals surface area contributed by atoms with Crippen molar-refractivity contribution in [3.63, 3.8) is 0 Å². The molecule has 0 spiro atoms. The van der Waals surface area contributed by atoms with Crippen LogP contribution in [0.1, 0.15) is 16.1 Å². The Kier molecular flexibility index (Phi) is 4.77. The van der Waals surface area contributed by atoms with Crippen LogP contribution in [0, 0.1) is 5.82 Å². The Balaban J connectivity index is 1.60. The van der Waals surface area contributed by atoms with Gasteiger partial charge in [0.2, 0.25) is 0 Å². The van der Waals surface area contributed by atoms with Gasteiger partial charge in [-0.05, 0) is 6.07 Å². The smallest absolute Gasteiger partial charge is 0.271 e. The van der Waals surface area contributed by atoms with Crippen LogP contribution < -0.4 is 10.2 Å². The maximum atomic E-state index is 13.5. The van der Waals surface area contributed by atoms with Crippen LogP contribution in [0.5, 0.6) is 0 Å². The van der Waals surface area contributed by atoms with E-state index in [0.717, 1.165) is 18.9 Å². The van der Waals surface area contributed by atoms with Gasteiger partial charge in [-0.25, -0.2) is 14.4 Å². The van der Waals surface area contributed by atoms with Gasteiger partial charge in [0.1, 0.15) is 17.3 Å². The van der Waals surface area contributed by atoms with Crippen molar-refractivity contribution in [2.24, 2.45) is 0 Å². The van der Waals surface area contributed by atoms with Crippen molar-refractivity contribution in [1.29, 1.82) is 0 Å². The fourth-order valence-corrected chi connectivity index (χ4v) is 2.30. The van der Waals surface area contributed by atoms with Crippen molar-refractivity contribution in [3.8, 4) is 0 Å². The van der Waals surface area contributed by atoms with E-state index >= 15 is 0 Å². The van der Waals surface area contributed by atoms with Crippen molar-refractivity contribution in [1.82, 2.24) is 15.3 Å². The number of hydrogen-bond acceptors (Lipinski definition) is 5. The molecule has 1 aliphatic heterocycles. The summed E-state index contributed by atoms with van der Waals surface area (Å²) >= 11 is 0. The summed E-state index contributed by atoms with van der Waals surface area (Å²) in [7, 11) is 0. The van der Waals surface area contributed by atoms with E-state index in [0.29, 0.717) is 18.8 Å². The summed E-state index contributed by atoms with van der Waals surface area (Å²) in [6.07, 6.45) is 3.00. The minimum absolute atomic E-state index is 0.110. The molecule has 0 atom stereocenters. The van der Waals surface area contributed by atoms with Crippen molar-refractivity contribution >= 4 is 11.7 Å². The lowest BCUT2D eigenvalue weighted by atomic mass is 10.2. The molecule has 1 fully saturated rings. The molecule has 120 valence electrons. The molecule has 7 heteroatoms. The number of anilines is 1. The zero-order chi connectivity index (χ0) is 16.1. The second-order valence-corrected chi connectivity index (χ2v) is 5.13. The molecule has 1 aromatic carbocycles. The molecule has 2 heterocycles. The zero-order valence-corrected chi connectivity index (χ0v) is 12.5. The van der Waals surface area contributed by atoms with Gasteiger partial charge in [0.15, 0.2) is 0 Å². The first-order valence-corrected chi connectivity index (χ1v) is 7.40. The van der Waals surface area contributed by atoms with Gasteiger partial charge in [-0.2, -0.15) is 0 Å². The van der Waals surface area contributed by atoms with Crippen LogP contribution in [0.25, 0.3) is 0 Å². The lowest BCUT2D eigenvalue weighted by Gasteiger charge is -2.27. The second kappa shape index (κ2) is 7.15. The summed E-state index contributed by atoms with van der Waals surface area (Å²) < 4.78 is 18.8. The van der Waals surface area contributed by atoms with Crippen molar-refractivity contribution < 1.29 is 13.9 Å². The number of nitrogens with zero attached hydrogens (tertiary/aromatic N) is 3. The number of rotatable bonds is 4. The number of morpholine rings is 1. The van der Waals surface area contributed by atoms with E-state index < -0.39 is 0 Å². The average Bonchev–Trinajstić information content (AvgIpc) is 2.62. The van der Waals surface area contributed by atoms with Crippen LogP contribution in [0.3, 0.4) is 0 Å². The molecule has 0 radical (unpaired) electrons. The predicted octanol–water partition coefficient (Wildman–Crippen LogP) is 1.38. The van der Waals surface area contributed by atoms with E-state index in [9.17, 15) is 9.18 Å². The SMILES string of the molecule is O=C(NCc1ccccc1F)c1cnc(N2CCOCC2)cn1. The van der Waals surface area contributed by atoms with Gasteiger partial charge in [0, 0.05) is 25.2 Å².